The molecule has 34 heavy (non-hydrogen) atoms. The molecular weight excluding hydrogens is 416 g/mol. The first kappa shape index (κ1) is 22.4. The van der Waals surface area contributed by atoms with E-state index in [4.69, 9.17) is 9.98 Å². The van der Waals surface area contributed by atoms with Gasteiger partial charge in [-0.05, 0) is 42.2 Å². The Labute approximate surface area is 203 Å². The van der Waals surface area contributed by atoms with Crippen molar-refractivity contribution in [2.24, 2.45) is 21.8 Å². The maximum absolute atomic E-state index is 5.19. The van der Waals surface area contributed by atoms with E-state index in [1.807, 2.05) is 0 Å². The zero-order valence-electron chi connectivity index (χ0n) is 20.6. The summed E-state index contributed by atoms with van der Waals surface area (Å²) >= 11 is 0. The fourth-order valence-electron chi connectivity index (χ4n) is 4.73. The molecule has 174 valence electrons. The van der Waals surface area contributed by atoms with Crippen molar-refractivity contribution in [2.45, 2.75) is 39.8 Å². The van der Waals surface area contributed by atoms with E-state index < -0.39 is 0 Å². The van der Waals surface area contributed by atoms with Crippen molar-refractivity contribution in [3.05, 3.63) is 96.1 Å². The highest BCUT2D eigenvalue weighted by Crippen LogP contribution is 2.29. The van der Waals surface area contributed by atoms with Gasteiger partial charge in [0.1, 0.15) is 11.7 Å². The molecule has 0 fully saturated rings. The second kappa shape index (κ2) is 9.46. The van der Waals surface area contributed by atoms with Crippen molar-refractivity contribution in [1.82, 2.24) is 0 Å². The molecule has 0 bridgehead atoms. The molecule has 0 unspecified atom stereocenters. The summed E-state index contributed by atoms with van der Waals surface area (Å²) in [4.78, 5) is 15.1. The van der Waals surface area contributed by atoms with Crippen LogP contribution < -0.4 is 9.80 Å². The molecular formula is C30H34N4. The number of aliphatic imine (C=N–C) groups is 2. The fourth-order valence-corrected chi connectivity index (χ4v) is 4.73. The molecule has 0 aromatic heterocycles. The number of amidine groups is 2. The largest absolute Gasteiger partial charge is 0.324 e. The van der Waals surface area contributed by atoms with Crippen LogP contribution in [0.1, 0.15) is 38.8 Å². The predicted octanol–water partition coefficient (Wildman–Crippen LogP) is 6.27. The van der Waals surface area contributed by atoms with Gasteiger partial charge in [0.15, 0.2) is 0 Å². The second-order valence-corrected chi connectivity index (χ2v) is 10.0. The standard InChI is InChI=1S/C30H34N4/c1-21(2)27-19-33(25-14-7-5-8-15-25)29(31-27)23-12-11-13-24(18-23)30-32-28(22(3)4)20-34(30)26-16-9-6-10-17-26/h5-18,21-22,27-28H,19-20H2,1-4H3/t27-,28-/m1/s1. The van der Waals surface area contributed by atoms with E-state index >= 15 is 0 Å². The Morgan fingerprint density at radius 2 is 1.00 bits per heavy atom. The van der Waals surface area contributed by atoms with Crippen molar-refractivity contribution in [2.75, 3.05) is 22.9 Å². The third-order valence-electron chi connectivity index (χ3n) is 6.88. The Balaban J connectivity index is 1.54. The predicted molar refractivity (Wildman–Crippen MR) is 144 cm³/mol. The van der Waals surface area contributed by atoms with Gasteiger partial charge in [-0.2, -0.15) is 0 Å². The highest BCUT2D eigenvalue weighted by Gasteiger charge is 2.31. The molecule has 0 aliphatic carbocycles. The minimum Gasteiger partial charge on any atom is -0.324 e. The number of para-hydroxylation sites is 2. The molecule has 5 rings (SSSR count). The molecule has 2 aliphatic heterocycles. The summed E-state index contributed by atoms with van der Waals surface area (Å²) in [6, 6.07) is 30.6. The third-order valence-corrected chi connectivity index (χ3v) is 6.88. The molecule has 4 nitrogen and oxygen atoms in total. The summed E-state index contributed by atoms with van der Waals surface area (Å²) in [6.07, 6.45) is 0. The van der Waals surface area contributed by atoms with Gasteiger partial charge in [-0.15, -0.1) is 0 Å². The fraction of sp³-hybridized carbons (Fsp3) is 0.333. The van der Waals surface area contributed by atoms with E-state index in [0.717, 1.165) is 35.9 Å². The number of hydrogen-bond acceptors (Lipinski definition) is 4. The van der Waals surface area contributed by atoms with E-state index in [-0.39, 0.29) is 12.1 Å². The molecule has 0 amide bonds. The first-order valence-corrected chi connectivity index (χ1v) is 12.4. The summed E-state index contributed by atoms with van der Waals surface area (Å²) in [5.74, 6) is 3.09. The minimum absolute atomic E-state index is 0.286. The van der Waals surface area contributed by atoms with E-state index in [2.05, 4.69) is 122 Å². The maximum atomic E-state index is 5.19. The summed E-state index contributed by atoms with van der Waals surface area (Å²) in [5.41, 5.74) is 4.68. The number of benzene rings is 3. The van der Waals surface area contributed by atoms with Crippen molar-refractivity contribution < 1.29 is 0 Å². The zero-order valence-corrected chi connectivity index (χ0v) is 20.6. The maximum Gasteiger partial charge on any atom is 0.135 e. The number of nitrogens with zero attached hydrogens (tertiary/aromatic N) is 4. The van der Waals surface area contributed by atoms with Crippen LogP contribution in [-0.4, -0.2) is 36.8 Å². The van der Waals surface area contributed by atoms with Crippen LogP contribution in [0.25, 0.3) is 0 Å². The average Bonchev–Trinajstić information content (AvgIpc) is 3.51. The van der Waals surface area contributed by atoms with Gasteiger partial charge in [0.25, 0.3) is 0 Å². The quantitative estimate of drug-likeness (QED) is 0.443. The molecule has 0 radical (unpaired) electrons. The van der Waals surface area contributed by atoms with Gasteiger partial charge in [-0.1, -0.05) is 82.3 Å². The lowest BCUT2D eigenvalue weighted by atomic mass is 10.1. The lowest BCUT2D eigenvalue weighted by molar-refractivity contribution is 0.521. The summed E-state index contributed by atoms with van der Waals surface area (Å²) in [7, 11) is 0. The van der Waals surface area contributed by atoms with Gasteiger partial charge >= 0.3 is 0 Å². The highest BCUT2D eigenvalue weighted by molar-refractivity contribution is 6.15. The van der Waals surface area contributed by atoms with Crippen LogP contribution >= 0.6 is 0 Å². The molecule has 2 aliphatic rings. The molecule has 2 atom stereocenters. The van der Waals surface area contributed by atoms with Crippen LogP contribution in [0.3, 0.4) is 0 Å². The smallest absolute Gasteiger partial charge is 0.135 e. The van der Waals surface area contributed by atoms with Gasteiger partial charge in [-0.25, -0.2) is 0 Å². The van der Waals surface area contributed by atoms with Gasteiger partial charge in [0.05, 0.1) is 12.1 Å². The molecule has 0 saturated carbocycles. The zero-order chi connectivity index (χ0) is 23.7. The molecule has 4 heteroatoms. The van der Waals surface area contributed by atoms with Crippen LogP contribution in [0.2, 0.25) is 0 Å². The van der Waals surface area contributed by atoms with Gasteiger partial charge < -0.3 is 9.80 Å². The molecule has 2 heterocycles. The number of rotatable bonds is 6. The van der Waals surface area contributed by atoms with Crippen LogP contribution in [0.5, 0.6) is 0 Å². The Morgan fingerprint density at radius 1 is 0.588 bits per heavy atom. The minimum atomic E-state index is 0.286. The van der Waals surface area contributed by atoms with Crippen molar-refractivity contribution in [1.29, 1.82) is 0 Å². The summed E-state index contributed by atoms with van der Waals surface area (Å²) in [6.45, 7) is 10.9. The second-order valence-electron chi connectivity index (χ2n) is 10.0. The summed E-state index contributed by atoms with van der Waals surface area (Å²) < 4.78 is 0. The molecule has 0 spiro atoms. The Bertz CT molecular complexity index is 1090. The Kier molecular flexibility index (Phi) is 6.23. The van der Waals surface area contributed by atoms with Crippen LogP contribution in [0.4, 0.5) is 11.4 Å². The molecule has 0 saturated heterocycles. The Hall–Kier alpha value is -3.40. The number of hydrogen-bond donors (Lipinski definition) is 0. The van der Waals surface area contributed by atoms with Gasteiger partial charge in [0.2, 0.25) is 0 Å². The Morgan fingerprint density at radius 3 is 1.38 bits per heavy atom. The van der Waals surface area contributed by atoms with Gasteiger partial charge in [0, 0.05) is 35.6 Å². The molecule has 3 aromatic rings. The SMILES string of the molecule is CC(C)[C@H]1CN(c2ccccc2)C(c2cccc(C3=N[C@@H](C(C)C)CN3c3ccccc3)c2)=N1. The van der Waals surface area contributed by atoms with Gasteiger partial charge in [-0.3, -0.25) is 9.98 Å². The van der Waals surface area contributed by atoms with Crippen LogP contribution in [0.15, 0.2) is 94.9 Å². The van der Waals surface area contributed by atoms with Crippen molar-refractivity contribution in [3.8, 4) is 0 Å². The van der Waals surface area contributed by atoms with Crippen LogP contribution in [0, 0.1) is 11.8 Å². The van der Waals surface area contributed by atoms with E-state index in [1.54, 1.807) is 0 Å². The lowest BCUT2D eigenvalue weighted by Gasteiger charge is -2.24. The lowest BCUT2D eigenvalue weighted by Crippen LogP contribution is -2.32. The molecule has 0 N–H and O–H groups in total. The first-order valence-electron chi connectivity index (χ1n) is 12.4. The average molecular weight is 451 g/mol. The van der Waals surface area contributed by atoms with Crippen molar-refractivity contribution >= 4 is 23.0 Å². The van der Waals surface area contributed by atoms with Crippen LogP contribution in [-0.2, 0) is 0 Å². The topological polar surface area (TPSA) is 31.2 Å². The monoisotopic (exact) mass is 450 g/mol. The van der Waals surface area contributed by atoms with E-state index in [0.29, 0.717) is 11.8 Å². The van der Waals surface area contributed by atoms with Crippen molar-refractivity contribution in [3.63, 3.8) is 0 Å². The molecule has 3 aromatic carbocycles. The van der Waals surface area contributed by atoms with E-state index in [1.165, 1.54) is 11.4 Å². The third kappa shape index (κ3) is 4.37. The number of anilines is 2. The summed E-state index contributed by atoms with van der Waals surface area (Å²) in [5, 5.41) is 0. The first-order chi connectivity index (χ1) is 16.5. The van der Waals surface area contributed by atoms with E-state index in [9.17, 15) is 0 Å². The highest BCUT2D eigenvalue weighted by atomic mass is 15.3. The normalized spacial score (nSPS) is 20.3.